The molecule has 1 aliphatic rings. The van der Waals surface area contributed by atoms with Gasteiger partial charge < -0.3 is 5.73 Å². The van der Waals surface area contributed by atoms with Crippen molar-refractivity contribution in [1.82, 2.24) is 0 Å². The standard InChI is InChI=1S/C14H21N/c1-10-6-5-8-12(11(10)2)13-7-3-4-9-14(13)15/h5-6,8,13-14H,3-4,7,9,15H2,1-2H3. The van der Waals surface area contributed by atoms with E-state index in [4.69, 9.17) is 5.73 Å². The number of rotatable bonds is 1. The Morgan fingerprint density at radius 2 is 1.87 bits per heavy atom. The summed E-state index contributed by atoms with van der Waals surface area (Å²) in [5.41, 5.74) is 10.6. The number of hydrogen-bond acceptors (Lipinski definition) is 1. The van der Waals surface area contributed by atoms with Crippen molar-refractivity contribution in [2.75, 3.05) is 0 Å². The fourth-order valence-corrected chi connectivity index (χ4v) is 2.72. The molecule has 2 N–H and O–H groups in total. The van der Waals surface area contributed by atoms with E-state index in [1.165, 1.54) is 42.4 Å². The van der Waals surface area contributed by atoms with Crippen molar-refractivity contribution in [3.8, 4) is 0 Å². The lowest BCUT2D eigenvalue weighted by Gasteiger charge is -2.30. The predicted octanol–water partition coefficient (Wildman–Crippen LogP) is 3.29. The monoisotopic (exact) mass is 203 g/mol. The molecular formula is C14H21N. The van der Waals surface area contributed by atoms with Gasteiger partial charge >= 0.3 is 0 Å². The first-order valence-electron chi connectivity index (χ1n) is 6.02. The molecule has 1 saturated carbocycles. The van der Waals surface area contributed by atoms with E-state index in [1.54, 1.807) is 0 Å². The third kappa shape index (κ3) is 2.07. The van der Waals surface area contributed by atoms with Crippen LogP contribution in [0.1, 0.15) is 48.3 Å². The van der Waals surface area contributed by atoms with Gasteiger partial charge in [0, 0.05) is 6.04 Å². The van der Waals surface area contributed by atoms with Gasteiger partial charge in [-0.1, -0.05) is 31.0 Å². The topological polar surface area (TPSA) is 26.0 Å². The maximum absolute atomic E-state index is 6.23. The first kappa shape index (κ1) is 10.7. The predicted molar refractivity (Wildman–Crippen MR) is 65.1 cm³/mol. The molecule has 0 spiro atoms. The van der Waals surface area contributed by atoms with E-state index in [2.05, 4.69) is 32.0 Å². The summed E-state index contributed by atoms with van der Waals surface area (Å²) in [7, 11) is 0. The number of hydrogen-bond donors (Lipinski definition) is 1. The van der Waals surface area contributed by atoms with Crippen molar-refractivity contribution in [3.05, 3.63) is 34.9 Å². The summed E-state index contributed by atoms with van der Waals surface area (Å²) in [5, 5.41) is 0. The maximum Gasteiger partial charge on any atom is 0.0108 e. The Morgan fingerprint density at radius 3 is 2.60 bits per heavy atom. The molecule has 15 heavy (non-hydrogen) atoms. The van der Waals surface area contributed by atoms with Crippen LogP contribution in [0.2, 0.25) is 0 Å². The smallest absolute Gasteiger partial charge is 0.0108 e. The van der Waals surface area contributed by atoms with Crippen molar-refractivity contribution in [3.63, 3.8) is 0 Å². The molecule has 1 aliphatic carbocycles. The van der Waals surface area contributed by atoms with Crippen molar-refractivity contribution in [2.45, 2.75) is 51.5 Å². The van der Waals surface area contributed by atoms with Gasteiger partial charge in [-0.3, -0.25) is 0 Å². The molecule has 2 atom stereocenters. The van der Waals surface area contributed by atoms with Gasteiger partial charge in [-0.15, -0.1) is 0 Å². The fourth-order valence-electron chi connectivity index (χ4n) is 2.72. The Bertz CT molecular complexity index is 343. The zero-order chi connectivity index (χ0) is 10.8. The van der Waals surface area contributed by atoms with E-state index in [0.717, 1.165) is 0 Å². The minimum absolute atomic E-state index is 0.374. The van der Waals surface area contributed by atoms with Crippen LogP contribution >= 0.6 is 0 Å². The van der Waals surface area contributed by atoms with Crippen LogP contribution in [0.5, 0.6) is 0 Å². The highest BCUT2D eigenvalue weighted by atomic mass is 14.7. The Hall–Kier alpha value is -0.820. The molecule has 1 aromatic carbocycles. The quantitative estimate of drug-likeness (QED) is 0.744. The summed E-state index contributed by atoms with van der Waals surface area (Å²) < 4.78 is 0. The second kappa shape index (κ2) is 4.36. The zero-order valence-corrected chi connectivity index (χ0v) is 9.79. The highest BCUT2D eigenvalue weighted by Gasteiger charge is 2.24. The van der Waals surface area contributed by atoms with Crippen molar-refractivity contribution >= 4 is 0 Å². The Balaban J connectivity index is 2.31. The van der Waals surface area contributed by atoms with E-state index in [9.17, 15) is 0 Å². The van der Waals surface area contributed by atoms with Gasteiger partial charge in [0.15, 0.2) is 0 Å². The van der Waals surface area contributed by atoms with Gasteiger partial charge in [0.05, 0.1) is 0 Å². The minimum Gasteiger partial charge on any atom is -0.327 e. The van der Waals surface area contributed by atoms with Crippen molar-refractivity contribution < 1.29 is 0 Å². The summed E-state index contributed by atoms with van der Waals surface area (Å²) >= 11 is 0. The molecule has 82 valence electrons. The van der Waals surface area contributed by atoms with Gasteiger partial charge in [0.1, 0.15) is 0 Å². The number of benzene rings is 1. The zero-order valence-electron chi connectivity index (χ0n) is 9.79. The summed E-state index contributed by atoms with van der Waals surface area (Å²) in [6, 6.07) is 6.99. The van der Waals surface area contributed by atoms with Gasteiger partial charge in [-0.05, 0) is 49.3 Å². The molecule has 0 saturated heterocycles. The average Bonchev–Trinajstić information content (AvgIpc) is 2.23. The van der Waals surface area contributed by atoms with Crippen LogP contribution in [0, 0.1) is 13.8 Å². The third-order valence-corrected chi connectivity index (χ3v) is 3.87. The fraction of sp³-hybridized carbons (Fsp3) is 0.571. The maximum atomic E-state index is 6.23. The normalized spacial score (nSPS) is 26.6. The molecule has 2 unspecified atom stereocenters. The Labute approximate surface area is 92.7 Å². The molecule has 1 nitrogen and oxygen atoms in total. The largest absolute Gasteiger partial charge is 0.327 e. The molecule has 0 aliphatic heterocycles. The summed E-state index contributed by atoms with van der Waals surface area (Å²) in [6.07, 6.45) is 5.11. The van der Waals surface area contributed by atoms with Gasteiger partial charge in [-0.25, -0.2) is 0 Å². The highest BCUT2D eigenvalue weighted by molar-refractivity contribution is 5.36. The minimum atomic E-state index is 0.374. The van der Waals surface area contributed by atoms with Crippen LogP contribution < -0.4 is 5.73 Å². The van der Waals surface area contributed by atoms with Crippen LogP contribution in [0.25, 0.3) is 0 Å². The molecule has 0 aromatic heterocycles. The van der Waals surface area contributed by atoms with Crippen LogP contribution in [-0.4, -0.2) is 6.04 Å². The molecule has 0 bridgehead atoms. The van der Waals surface area contributed by atoms with Gasteiger partial charge in [0.25, 0.3) is 0 Å². The molecule has 2 rings (SSSR count). The SMILES string of the molecule is Cc1cccc(C2CCCCC2N)c1C. The number of aryl methyl sites for hydroxylation is 1. The van der Waals surface area contributed by atoms with Gasteiger partial charge in [0.2, 0.25) is 0 Å². The lowest BCUT2D eigenvalue weighted by Crippen LogP contribution is -2.31. The molecule has 0 amide bonds. The van der Waals surface area contributed by atoms with E-state index in [1.807, 2.05) is 0 Å². The van der Waals surface area contributed by atoms with Crippen LogP contribution in [0.15, 0.2) is 18.2 Å². The first-order chi connectivity index (χ1) is 7.20. The summed E-state index contributed by atoms with van der Waals surface area (Å²) in [6.45, 7) is 4.42. The summed E-state index contributed by atoms with van der Waals surface area (Å²) in [4.78, 5) is 0. The number of nitrogens with two attached hydrogens (primary N) is 1. The highest BCUT2D eigenvalue weighted by Crippen LogP contribution is 2.34. The van der Waals surface area contributed by atoms with Crippen LogP contribution in [0.4, 0.5) is 0 Å². The second-order valence-corrected chi connectivity index (χ2v) is 4.84. The molecule has 1 fully saturated rings. The average molecular weight is 203 g/mol. The molecule has 0 heterocycles. The van der Waals surface area contributed by atoms with E-state index < -0.39 is 0 Å². The molecule has 1 aromatic rings. The lowest BCUT2D eigenvalue weighted by atomic mass is 9.78. The van der Waals surface area contributed by atoms with Gasteiger partial charge in [-0.2, -0.15) is 0 Å². The van der Waals surface area contributed by atoms with E-state index in [0.29, 0.717) is 12.0 Å². The van der Waals surface area contributed by atoms with E-state index in [-0.39, 0.29) is 0 Å². The molecular weight excluding hydrogens is 182 g/mol. The Morgan fingerprint density at radius 1 is 1.13 bits per heavy atom. The molecule has 0 radical (unpaired) electrons. The van der Waals surface area contributed by atoms with Crippen LogP contribution in [-0.2, 0) is 0 Å². The van der Waals surface area contributed by atoms with Crippen molar-refractivity contribution in [1.29, 1.82) is 0 Å². The summed E-state index contributed by atoms with van der Waals surface area (Å²) in [5.74, 6) is 0.596. The van der Waals surface area contributed by atoms with Crippen LogP contribution in [0.3, 0.4) is 0 Å². The third-order valence-electron chi connectivity index (χ3n) is 3.87. The molecule has 1 heteroatoms. The Kier molecular flexibility index (Phi) is 3.11. The van der Waals surface area contributed by atoms with Crippen molar-refractivity contribution in [2.24, 2.45) is 5.73 Å². The first-order valence-corrected chi connectivity index (χ1v) is 6.02. The lowest BCUT2D eigenvalue weighted by molar-refractivity contribution is 0.384. The van der Waals surface area contributed by atoms with E-state index >= 15 is 0 Å². The second-order valence-electron chi connectivity index (χ2n) is 4.84.